The van der Waals surface area contributed by atoms with Crippen LogP contribution < -0.4 is 15.4 Å². The maximum absolute atomic E-state index is 12.9. The number of rotatable bonds is 7. The number of sulfonamides is 1. The zero-order valence-electron chi connectivity index (χ0n) is 19.3. The van der Waals surface area contributed by atoms with Gasteiger partial charge in [0.1, 0.15) is 17.5 Å². The van der Waals surface area contributed by atoms with Crippen LogP contribution in [-0.4, -0.2) is 18.4 Å². The van der Waals surface area contributed by atoms with Crippen molar-refractivity contribution in [1.82, 2.24) is 9.97 Å². The van der Waals surface area contributed by atoms with Gasteiger partial charge in [0.15, 0.2) is 0 Å². The molecule has 7 nitrogen and oxygen atoms in total. The molecular weight excluding hydrogens is 491 g/mol. The molecule has 0 aliphatic heterocycles. The van der Waals surface area contributed by atoms with Crippen LogP contribution >= 0.6 is 0 Å². The van der Waals surface area contributed by atoms with Crippen molar-refractivity contribution >= 4 is 38.7 Å². The zero-order chi connectivity index (χ0) is 25.9. The molecule has 11 heteroatoms. The average Bonchev–Trinajstić information content (AvgIpc) is 2.81. The van der Waals surface area contributed by atoms with Crippen LogP contribution in [0.5, 0.6) is 0 Å². The monoisotopic (exact) mass is 513 g/mol. The standard InChI is InChI=1S/C25H22F3N5O2S/c1-16-6-8-19(9-7-16)31-23-15-24(30-17(2)29-23)32-20-10-12-21(13-11-20)33-36(34,35)22-5-3-4-18(14-22)25(26,27)28/h3-15,33H,1-2H3,(H2,29,30,31,32). The molecule has 0 atom stereocenters. The molecule has 3 aromatic carbocycles. The molecule has 0 saturated heterocycles. The molecule has 0 fully saturated rings. The van der Waals surface area contributed by atoms with Gasteiger partial charge < -0.3 is 10.6 Å². The number of anilines is 5. The third-order valence-corrected chi connectivity index (χ3v) is 6.42. The van der Waals surface area contributed by atoms with E-state index >= 15 is 0 Å². The van der Waals surface area contributed by atoms with E-state index in [0.717, 1.165) is 29.4 Å². The van der Waals surface area contributed by atoms with Crippen molar-refractivity contribution in [2.75, 3.05) is 15.4 Å². The van der Waals surface area contributed by atoms with Crippen molar-refractivity contribution < 1.29 is 21.6 Å². The number of aromatic nitrogens is 2. The van der Waals surface area contributed by atoms with Gasteiger partial charge in [-0.2, -0.15) is 13.2 Å². The van der Waals surface area contributed by atoms with Gasteiger partial charge >= 0.3 is 6.18 Å². The molecule has 4 aromatic rings. The van der Waals surface area contributed by atoms with Gasteiger partial charge in [-0.3, -0.25) is 4.72 Å². The van der Waals surface area contributed by atoms with E-state index in [9.17, 15) is 21.6 Å². The highest BCUT2D eigenvalue weighted by atomic mass is 32.2. The Kier molecular flexibility index (Phi) is 6.84. The maximum atomic E-state index is 12.9. The molecule has 0 radical (unpaired) electrons. The Balaban J connectivity index is 1.46. The maximum Gasteiger partial charge on any atom is 0.416 e. The molecule has 0 bridgehead atoms. The number of hydrogen-bond acceptors (Lipinski definition) is 6. The van der Waals surface area contributed by atoms with Crippen LogP contribution in [0, 0.1) is 13.8 Å². The van der Waals surface area contributed by atoms with Crippen LogP contribution in [0.1, 0.15) is 17.0 Å². The normalized spacial score (nSPS) is 11.7. The second-order valence-corrected chi connectivity index (χ2v) is 9.69. The Morgan fingerprint density at radius 3 is 1.81 bits per heavy atom. The first-order valence-electron chi connectivity index (χ1n) is 10.7. The van der Waals surface area contributed by atoms with E-state index < -0.39 is 26.7 Å². The fraction of sp³-hybridized carbons (Fsp3) is 0.120. The largest absolute Gasteiger partial charge is 0.416 e. The Morgan fingerprint density at radius 1 is 0.722 bits per heavy atom. The van der Waals surface area contributed by atoms with Gasteiger partial charge in [-0.1, -0.05) is 23.8 Å². The summed E-state index contributed by atoms with van der Waals surface area (Å²) in [6.45, 7) is 3.76. The Morgan fingerprint density at radius 2 is 1.25 bits per heavy atom. The number of benzene rings is 3. The summed E-state index contributed by atoms with van der Waals surface area (Å²) < 4.78 is 66.3. The molecule has 0 saturated carbocycles. The molecule has 0 aliphatic rings. The lowest BCUT2D eigenvalue weighted by Crippen LogP contribution is -2.14. The minimum absolute atomic E-state index is 0.193. The molecular formula is C25H22F3N5O2S. The number of nitrogens with zero attached hydrogens (tertiary/aromatic N) is 2. The second kappa shape index (κ2) is 9.86. The first-order valence-corrected chi connectivity index (χ1v) is 12.2. The van der Waals surface area contributed by atoms with Crippen molar-refractivity contribution in [3.63, 3.8) is 0 Å². The second-order valence-electron chi connectivity index (χ2n) is 8.01. The lowest BCUT2D eigenvalue weighted by atomic mass is 10.2. The summed E-state index contributed by atoms with van der Waals surface area (Å²) in [5, 5.41) is 6.36. The quantitative estimate of drug-likeness (QED) is 0.265. The molecule has 1 aromatic heterocycles. The van der Waals surface area contributed by atoms with Crippen molar-refractivity contribution in [3.8, 4) is 0 Å². The molecule has 3 N–H and O–H groups in total. The SMILES string of the molecule is Cc1ccc(Nc2cc(Nc3ccc(NS(=O)(=O)c4cccc(C(F)(F)F)c4)cc3)nc(C)n2)cc1. The predicted octanol–water partition coefficient (Wildman–Crippen LogP) is 6.40. The van der Waals surface area contributed by atoms with Crippen LogP contribution in [-0.2, 0) is 16.2 Å². The van der Waals surface area contributed by atoms with Crippen LogP contribution in [0.15, 0.2) is 83.8 Å². The molecule has 36 heavy (non-hydrogen) atoms. The predicted molar refractivity (Wildman–Crippen MR) is 133 cm³/mol. The summed E-state index contributed by atoms with van der Waals surface area (Å²) >= 11 is 0. The molecule has 1 heterocycles. The van der Waals surface area contributed by atoms with Crippen molar-refractivity contribution in [3.05, 3.63) is 95.8 Å². The molecule has 0 spiro atoms. The third kappa shape index (κ3) is 6.30. The topological polar surface area (TPSA) is 96.0 Å². The van der Waals surface area contributed by atoms with Gasteiger partial charge in [-0.15, -0.1) is 0 Å². The highest BCUT2D eigenvalue weighted by Crippen LogP contribution is 2.31. The van der Waals surface area contributed by atoms with Crippen molar-refractivity contribution in [1.29, 1.82) is 0 Å². The Hall–Kier alpha value is -4.12. The fourth-order valence-corrected chi connectivity index (χ4v) is 4.41. The van der Waals surface area contributed by atoms with Gasteiger partial charge in [-0.05, 0) is 68.4 Å². The summed E-state index contributed by atoms with van der Waals surface area (Å²) in [4.78, 5) is 8.28. The minimum Gasteiger partial charge on any atom is -0.340 e. The van der Waals surface area contributed by atoms with E-state index in [1.54, 1.807) is 25.1 Å². The molecule has 0 aliphatic carbocycles. The van der Waals surface area contributed by atoms with Crippen LogP contribution in [0.25, 0.3) is 0 Å². The summed E-state index contributed by atoms with van der Waals surface area (Å²) in [5.74, 6) is 1.66. The van der Waals surface area contributed by atoms with Crippen LogP contribution in [0.2, 0.25) is 0 Å². The highest BCUT2D eigenvalue weighted by molar-refractivity contribution is 7.92. The molecule has 4 rings (SSSR count). The number of hydrogen-bond donors (Lipinski definition) is 3. The van der Waals surface area contributed by atoms with Crippen molar-refractivity contribution in [2.24, 2.45) is 0 Å². The molecule has 0 unspecified atom stereocenters. The summed E-state index contributed by atoms with van der Waals surface area (Å²) in [6.07, 6.45) is -4.65. The first kappa shape index (κ1) is 25.0. The van der Waals surface area contributed by atoms with Crippen LogP contribution in [0.4, 0.5) is 41.9 Å². The zero-order valence-corrected chi connectivity index (χ0v) is 20.1. The van der Waals surface area contributed by atoms with E-state index in [1.165, 1.54) is 12.1 Å². The highest BCUT2D eigenvalue weighted by Gasteiger charge is 2.31. The third-order valence-electron chi connectivity index (χ3n) is 5.04. The van der Waals surface area contributed by atoms with Crippen LogP contribution in [0.3, 0.4) is 0 Å². The van der Waals surface area contributed by atoms with Gasteiger partial charge in [0.05, 0.1) is 10.5 Å². The van der Waals surface area contributed by atoms with E-state index in [2.05, 4.69) is 25.3 Å². The smallest absolute Gasteiger partial charge is 0.340 e. The average molecular weight is 514 g/mol. The Bertz CT molecular complexity index is 1470. The van der Waals surface area contributed by atoms with Gasteiger partial charge in [0.25, 0.3) is 10.0 Å². The first-order chi connectivity index (χ1) is 17.0. The van der Waals surface area contributed by atoms with E-state index in [0.29, 0.717) is 29.2 Å². The number of nitrogens with one attached hydrogen (secondary N) is 3. The van der Waals surface area contributed by atoms with Gasteiger partial charge in [-0.25, -0.2) is 18.4 Å². The molecule has 0 amide bonds. The van der Waals surface area contributed by atoms with E-state index in [-0.39, 0.29) is 5.69 Å². The van der Waals surface area contributed by atoms with Gasteiger partial charge in [0.2, 0.25) is 0 Å². The summed E-state index contributed by atoms with van der Waals surface area (Å²) in [7, 11) is -4.21. The van der Waals surface area contributed by atoms with Gasteiger partial charge in [0, 0.05) is 23.1 Å². The lowest BCUT2D eigenvalue weighted by molar-refractivity contribution is -0.137. The van der Waals surface area contributed by atoms with E-state index in [1.807, 2.05) is 31.2 Å². The number of aryl methyl sites for hydroxylation is 2. The number of alkyl halides is 3. The molecule has 186 valence electrons. The summed E-state index contributed by atoms with van der Waals surface area (Å²) in [5.41, 5.74) is 1.79. The van der Waals surface area contributed by atoms with Crippen molar-refractivity contribution in [2.45, 2.75) is 24.9 Å². The minimum atomic E-state index is -4.65. The summed E-state index contributed by atoms with van der Waals surface area (Å²) in [6, 6.07) is 19.4. The number of halogens is 3. The fourth-order valence-electron chi connectivity index (χ4n) is 3.30. The Labute approximate surface area is 206 Å². The van der Waals surface area contributed by atoms with E-state index in [4.69, 9.17) is 0 Å². The lowest BCUT2D eigenvalue weighted by Gasteiger charge is -2.12.